The number of sulfonamides is 1. The van der Waals surface area contributed by atoms with Crippen LogP contribution >= 0.6 is 11.6 Å². The highest BCUT2D eigenvalue weighted by atomic mass is 35.5. The first-order valence-corrected chi connectivity index (χ1v) is 11.4. The van der Waals surface area contributed by atoms with Crippen LogP contribution in [0.2, 0.25) is 5.02 Å². The molecule has 12 heteroatoms. The average molecular weight is 452 g/mol. The molecule has 3 heterocycles. The van der Waals surface area contributed by atoms with Crippen molar-refractivity contribution in [3.05, 3.63) is 41.6 Å². The van der Waals surface area contributed by atoms with Gasteiger partial charge in [-0.15, -0.1) is 0 Å². The maximum atomic E-state index is 13.4. The lowest BCUT2D eigenvalue weighted by atomic mass is 10.1. The van der Waals surface area contributed by atoms with Crippen molar-refractivity contribution >= 4 is 50.1 Å². The van der Waals surface area contributed by atoms with E-state index in [4.69, 9.17) is 11.6 Å². The predicted molar refractivity (Wildman–Crippen MR) is 113 cm³/mol. The number of nitrogens with zero attached hydrogens (tertiary/aromatic N) is 5. The predicted octanol–water partition coefficient (Wildman–Crippen LogP) is 2.79. The van der Waals surface area contributed by atoms with Crippen LogP contribution in [-0.2, 0) is 10.0 Å². The average Bonchev–Trinajstić information content (AvgIpc) is 2.71. The van der Waals surface area contributed by atoms with Crippen molar-refractivity contribution in [2.24, 2.45) is 0 Å². The lowest BCUT2D eigenvalue weighted by Gasteiger charge is -2.30. The van der Waals surface area contributed by atoms with Crippen molar-refractivity contribution < 1.29 is 12.8 Å². The Morgan fingerprint density at radius 1 is 1.20 bits per heavy atom. The molecule has 2 aromatic heterocycles. The van der Waals surface area contributed by atoms with E-state index < -0.39 is 15.8 Å². The van der Waals surface area contributed by atoms with E-state index in [0.717, 1.165) is 0 Å². The van der Waals surface area contributed by atoms with E-state index in [2.05, 4.69) is 30.6 Å². The molecule has 1 aliphatic rings. The molecule has 3 aromatic rings. The number of aromatic nitrogens is 4. The van der Waals surface area contributed by atoms with Crippen LogP contribution in [0.4, 0.5) is 21.8 Å². The first kappa shape index (κ1) is 20.6. The molecule has 0 radical (unpaired) electrons. The van der Waals surface area contributed by atoms with Crippen molar-refractivity contribution in [1.29, 1.82) is 0 Å². The number of fused-ring (bicyclic) bond motifs is 1. The molecule has 1 saturated heterocycles. The van der Waals surface area contributed by atoms with Gasteiger partial charge in [0.1, 0.15) is 23.2 Å². The number of benzene rings is 1. The highest BCUT2D eigenvalue weighted by Crippen LogP contribution is 2.25. The van der Waals surface area contributed by atoms with Crippen molar-refractivity contribution in [1.82, 2.24) is 24.2 Å². The zero-order chi connectivity index (χ0) is 21.3. The fourth-order valence-electron chi connectivity index (χ4n) is 3.24. The van der Waals surface area contributed by atoms with E-state index in [9.17, 15) is 12.8 Å². The molecule has 0 spiro atoms. The Hall–Kier alpha value is -2.63. The second kappa shape index (κ2) is 8.25. The van der Waals surface area contributed by atoms with Gasteiger partial charge in [0.25, 0.3) is 0 Å². The Labute approximate surface area is 177 Å². The SMILES string of the molecule is CS(=O)(=O)N1CCC(Nc2ncc3ncnc(Nc4ccc(F)c(Cl)c4)c3n2)CC1. The molecule has 1 fully saturated rings. The van der Waals surface area contributed by atoms with Crippen LogP contribution < -0.4 is 10.6 Å². The van der Waals surface area contributed by atoms with E-state index >= 15 is 0 Å². The van der Waals surface area contributed by atoms with Gasteiger partial charge in [-0.25, -0.2) is 37.0 Å². The van der Waals surface area contributed by atoms with Gasteiger partial charge in [0.15, 0.2) is 5.82 Å². The summed E-state index contributed by atoms with van der Waals surface area (Å²) in [6.07, 6.45) is 5.49. The molecule has 2 N–H and O–H groups in total. The van der Waals surface area contributed by atoms with Crippen LogP contribution in [-0.4, -0.2) is 58.0 Å². The van der Waals surface area contributed by atoms with Gasteiger partial charge in [0, 0.05) is 24.8 Å². The first-order valence-electron chi connectivity index (χ1n) is 9.21. The minimum atomic E-state index is -3.18. The molecule has 0 unspecified atom stereocenters. The van der Waals surface area contributed by atoms with Crippen LogP contribution in [0.1, 0.15) is 12.8 Å². The summed E-state index contributed by atoms with van der Waals surface area (Å²) in [7, 11) is -3.18. The molecular formula is C18H19ClFN7O2S. The number of hydrogen-bond donors (Lipinski definition) is 2. The summed E-state index contributed by atoms with van der Waals surface area (Å²) in [4.78, 5) is 17.2. The summed E-state index contributed by atoms with van der Waals surface area (Å²) in [5, 5.41) is 6.33. The number of piperidine rings is 1. The van der Waals surface area contributed by atoms with Crippen molar-refractivity contribution in [2.75, 3.05) is 30.0 Å². The fourth-order valence-corrected chi connectivity index (χ4v) is 4.29. The third-order valence-electron chi connectivity index (χ3n) is 4.82. The van der Waals surface area contributed by atoms with Gasteiger partial charge in [-0.05, 0) is 31.0 Å². The van der Waals surface area contributed by atoms with Gasteiger partial charge in [0.05, 0.1) is 17.5 Å². The van der Waals surface area contributed by atoms with Gasteiger partial charge in [0.2, 0.25) is 16.0 Å². The maximum absolute atomic E-state index is 13.4. The number of anilines is 3. The summed E-state index contributed by atoms with van der Waals surface area (Å²) in [6, 6.07) is 4.32. The Morgan fingerprint density at radius 3 is 2.67 bits per heavy atom. The van der Waals surface area contributed by atoms with Crippen LogP contribution in [0.5, 0.6) is 0 Å². The van der Waals surface area contributed by atoms with Gasteiger partial charge < -0.3 is 10.6 Å². The van der Waals surface area contributed by atoms with Crippen molar-refractivity contribution in [3.63, 3.8) is 0 Å². The lowest BCUT2D eigenvalue weighted by Crippen LogP contribution is -2.42. The second-order valence-electron chi connectivity index (χ2n) is 6.98. The number of nitrogens with one attached hydrogen (secondary N) is 2. The normalized spacial score (nSPS) is 16.0. The monoisotopic (exact) mass is 451 g/mol. The van der Waals surface area contributed by atoms with Crippen molar-refractivity contribution in [3.8, 4) is 0 Å². The van der Waals surface area contributed by atoms with Gasteiger partial charge in [-0.3, -0.25) is 0 Å². The highest BCUT2D eigenvalue weighted by molar-refractivity contribution is 7.88. The molecule has 1 aromatic carbocycles. The lowest BCUT2D eigenvalue weighted by molar-refractivity contribution is 0.331. The number of rotatable bonds is 5. The molecule has 158 valence electrons. The zero-order valence-electron chi connectivity index (χ0n) is 16.0. The van der Waals surface area contributed by atoms with E-state index in [1.807, 2.05) is 0 Å². The van der Waals surface area contributed by atoms with Gasteiger partial charge in [-0.2, -0.15) is 0 Å². The van der Waals surface area contributed by atoms with E-state index in [1.165, 1.54) is 29.0 Å². The van der Waals surface area contributed by atoms with Crippen molar-refractivity contribution in [2.45, 2.75) is 18.9 Å². The summed E-state index contributed by atoms with van der Waals surface area (Å²) in [5.41, 5.74) is 1.59. The van der Waals surface area contributed by atoms with E-state index in [1.54, 1.807) is 12.3 Å². The Morgan fingerprint density at radius 2 is 1.97 bits per heavy atom. The molecule has 9 nitrogen and oxygen atoms in total. The minimum absolute atomic E-state index is 0.00391. The van der Waals surface area contributed by atoms with Crippen LogP contribution in [0.25, 0.3) is 11.0 Å². The molecular weight excluding hydrogens is 433 g/mol. The summed E-state index contributed by atoms with van der Waals surface area (Å²) in [6.45, 7) is 0.899. The highest BCUT2D eigenvalue weighted by Gasteiger charge is 2.25. The molecule has 1 aliphatic heterocycles. The van der Waals surface area contributed by atoms with Crippen LogP contribution in [0.15, 0.2) is 30.7 Å². The number of hydrogen-bond acceptors (Lipinski definition) is 8. The second-order valence-corrected chi connectivity index (χ2v) is 9.37. The fraction of sp³-hybridized carbons (Fsp3) is 0.333. The molecule has 0 bridgehead atoms. The topological polar surface area (TPSA) is 113 Å². The molecule has 0 amide bonds. The Bertz CT molecular complexity index is 1190. The third kappa shape index (κ3) is 4.58. The number of halogens is 2. The molecule has 0 atom stereocenters. The molecule has 0 saturated carbocycles. The Balaban J connectivity index is 1.53. The largest absolute Gasteiger partial charge is 0.351 e. The molecule has 0 aliphatic carbocycles. The summed E-state index contributed by atoms with van der Waals surface area (Å²) >= 11 is 5.85. The summed E-state index contributed by atoms with van der Waals surface area (Å²) in [5.74, 6) is 0.320. The maximum Gasteiger partial charge on any atom is 0.223 e. The van der Waals surface area contributed by atoms with Gasteiger partial charge in [-0.1, -0.05) is 11.6 Å². The van der Waals surface area contributed by atoms with Gasteiger partial charge >= 0.3 is 0 Å². The quantitative estimate of drug-likeness (QED) is 0.608. The zero-order valence-corrected chi connectivity index (χ0v) is 17.6. The van der Waals surface area contributed by atoms with E-state index in [0.29, 0.717) is 54.4 Å². The van der Waals surface area contributed by atoms with E-state index in [-0.39, 0.29) is 11.1 Å². The summed E-state index contributed by atoms with van der Waals surface area (Å²) < 4.78 is 38.2. The Kier molecular flexibility index (Phi) is 5.67. The standard InChI is InChI=1S/C18H19ClFN7O2S/c1-30(28,29)27-6-4-11(5-7-27)25-18-21-9-15-16(26-18)17(23-10-22-15)24-12-2-3-14(20)13(19)8-12/h2-3,8-11H,4-7H2,1H3,(H,21,25,26)(H,22,23,24). The third-order valence-corrected chi connectivity index (χ3v) is 6.41. The minimum Gasteiger partial charge on any atom is -0.351 e. The van der Waals surface area contributed by atoms with Crippen LogP contribution in [0, 0.1) is 5.82 Å². The smallest absolute Gasteiger partial charge is 0.223 e. The first-order chi connectivity index (χ1) is 14.3. The molecule has 30 heavy (non-hydrogen) atoms. The molecule has 4 rings (SSSR count). The van der Waals surface area contributed by atoms with Crippen LogP contribution in [0.3, 0.4) is 0 Å².